The molecule has 4 rings (SSSR count). The predicted molar refractivity (Wildman–Crippen MR) is 119 cm³/mol. The number of fused-ring (bicyclic) bond motifs is 1. The first-order valence-electron chi connectivity index (χ1n) is 9.25. The van der Waals surface area contributed by atoms with Gasteiger partial charge < -0.3 is 0 Å². The van der Waals surface area contributed by atoms with Crippen molar-refractivity contribution in [2.45, 2.75) is 18.4 Å². The molecule has 2 aromatic carbocycles. The minimum Gasteiger partial charge on any atom is -0.296 e. The first kappa shape index (κ1) is 20.9. The molecule has 4 aromatic rings. The number of benzene rings is 2. The van der Waals surface area contributed by atoms with E-state index in [0.29, 0.717) is 15.3 Å². The largest absolute Gasteiger partial charge is 0.296 e. The molecule has 0 aliphatic carbocycles. The van der Waals surface area contributed by atoms with Crippen molar-refractivity contribution in [3.63, 3.8) is 0 Å². The highest BCUT2D eigenvalue weighted by Crippen LogP contribution is 2.28. The summed E-state index contributed by atoms with van der Waals surface area (Å²) in [4.78, 5) is 29.3. The van der Waals surface area contributed by atoms with Gasteiger partial charge in [-0.3, -0.25) is 14.9 Å². The van der Waals surface area contributed by atoms with Crippen molar-refractivity contribution in [2.75, 3.05) is 11.6 Å². The summed E-state index contributed by atoms with van der Waals surface area (Å²) < 4.78 is 25.3. The maximum absolute atomic E-state index is 12.7. The summed E-state index contributed by atoms with van der Waals surface area (Å²) in [7, 11) is -3.34. The molecule has 2 aromatic heterocycles. The molecule has 0 spiro atoms. The number of sulfone groups is 1. The Kier molecular flexibility index (Phi) is 5.42. The van der Waals surface area contributed by atoms with Crippen LogP contribution >= 0.6 is 11.3 Å². The van der Waals surface area contributed by atoms with Crippen LogP contribution in [0.2, 0.25) is 0 Å². The van der Waals surface area contributed by atoms with E-state index >= 15 is 0 Å². The van der Waals surface area contributed by atoms with Gasteiger partial charge in [0.05, 0.1) is 21.7 Å². The lowest BCUT2D eigenvalue weighted by atomic mass is 10.1. The Morgan fingerprint density at radius 1 is 1.10 bits per heavy atom. The number of anilines is 1. The summed E-state index contributed by atoms with van der Waals surface area (Å²) >= 11 is 1.16. The second-order valence-corrected chi connectivity index (χ2v) is 10.1. The summed E-state index contributed by atoms with van der Waals surface area (Å²) in [5, 5.41) is 7.15. The first-order chi connectivity index (χ1) is 14.7. The van der Waals surface area contributed by atoms with Crippen molar-refractivity contribution in [3.8, 4) is 0 Å². The number of thiazole rings is 1. The van der Waals surface area contributed by atoms with Gasteiger partial charge in [-0.25, -0.2) is 18.1 Å². The number of aromatic nitrogens is 3. The van der Waals surface area contributed by atoms with Crippen LogP contribution in [0.1, 0.15) is 21.6 Å². The molecule has 0 fully saturated rings. The van der Waals surface area contributed by atoms with Crippen molar-refractivity contribution >= 4 is 42.4 Å². The van der Waals surface area contributed by atoms with Gasteiger partial charge in [-0.05, 0) is 36.8 Å². The highest BCUT2D eigenvalue weighted by molar-refractivity contribution is 7.90. The molecule has 8 nitrogen and oxygen atoms in total. The summed E-state index contributed by atoms with van der Waals surface area (Å²) in [6, 6.07) is 15.0. The minimum atomic E-state index is -3.34. The van der Waals surface area contributed by atoms with E-state index in [-0.39, 0.29) is 22.7 Å². The lowest BCUT2D eigenvalue weighted by Gasteiger charge is -2.07. The van der Waals surface area contributed by atoms with Crippen molar-refractivity contribution in [2.24, 2.45) is 0 Å². The molecule has 1 amide bonds. The van der Waals surface area contributed by atoms with Crippen molar-refractivity contribution in [1.29, 1.82) is 0 Å². The average molecular weight is 455 g/mol. The van der Waals surface area contributed by atoms with Gasteiger partial charge in [0.2, 0.25) is 0 Å². The summed E-state index contributed by atoms with van der Waals surface area (Å²) in [5.41, 5.74) is 2.33. The molecule has 0 atom stereocenters. The van der Waals surface area contributed by atoms with Crippen molar-refractivity contribution in [1.82, 2.24) is 14.8 Å². The van der Waals surface area contributed by atoms with E-state index in [1.54, 1.807) is 6.07 Å². The smallest absolute Gasteiger partial charge is 0.277 e. The molecule has 0 bridgehead atoms. The zero-order valence-corrected chi connectivity index (χ0v) is 18.3. The molecule has 0 saturated carbocycles. The molecule has 0 saturated heterocycles. The standard InChI is InChI=1S/C21H18N4O4S2/c1-13-3-5-14(6-4-13)12-25-19(26)10-9-17(24-25)20(27)23-21-22-16-8-7-15(31(2,28)29)11-18(16)30-21/h3-11H,12H2,1-2H3,(H,22,23,27). The number of carbonyl (C=O) groups excluding carboxylic acids is 1. The zero-order valence-electron chi connectivity index (χ0n) is 16.7. The molecule has 0 unspecified atom stereocenters. The number of rotatable bonds is 5. The predicted octanol–water partition coefficient (Wildman–Crippen LogP) is 2.87. The van der Waals surface area contributed by atoms with Gasteiger partial charge in [0.15, 0.2) is 15.0 Å². The highest BCUT2D eigenvalue weighted by Gasteiger charge is 2.15. The lowest BCUT2D eigenvalue weighted by Crippen LogP contribution is -2.26. The molecular weight excluding hydrogens is 436 g/mol. The van der Waals surface area contributed by atoms with Crippen LogP contribution in [0.5, 0.6) is 0 Å². The summed E-state index contributed by atoms with van der Waals surface area (Å²) in [6.45, 7) is 2.22. The topological polar surface area (TPSA) is 111 Å². The second-order valence-electron chi connectivity index (χ2n) is 7.07. The van der Waals surface area contributed by atoms with E-state index < -0.39 is 15.7 Å². The minimum absolute atomic E-state index is 0.0720. The van der Waals surface area contributed by atoms with E-state index in [4.69, 9.17) is 0 Å². The second kappa shape index (κ2) is 8.05. The van der Waals surface area contributed by atoms with Gasteiger partial charge in [-0.2, -0.15) is 5.10 Å². The van der Waals surface area contributed by atoms with Gasteiger partial charge in [0, 0.05) is 12.3 Å². The Balaban J connectivity index is 1.57. The molecule has 10 heteroatoms. The van der Waals surface area contributed by atoms with E-state index in [1.165, 1.54) is 28.9 Å². The zero-order chi connectivity index (χ0) is 22.2. The number of hydrogen-bond acceptors (Lipinski definition) is 7. The fourth-order valence-electron chi connectivity index (χ4n) is 2.90. The average Bonchev–Trinajstić information content (AvgIpc) is 3.12. The van der Waals surface area contributed by atoms with Gasteiger partial charge in [-0.1, -0.05) is 41.2 Å². The normalized spacial score (nSPS) is 11.5. The number of aryl methyl sites for hydroxylation is 1. The summed E-state index contributed by atoms with van der Waals surface area (Å²) in [5.74, 6) is -0.514. The molecule has 0 radical (unpaired) electrons. The third-order valence-corrected chi connectivity index (χ3v) is 6.60. The van der Waals surface area contributed by atoms with Gasteiger partial charge >= 0.3 is 0 Å². The number of nitrogens with one attached hydrogen (secondary N) is 1. The maximum Gasteiger partial charge on any atom is 0.277 e. The van der Waals surface area contributed by atoms with E-state index in [2.05, 4.69) is 15.4 Å². The lowest BCUT2D eigenvalue weighted by molar-refractivity contribution is 0.102. The molecule has 0 aliphatic heterocycles. The summed E-state index contributed by atoms with van der Waals surface area (Å²) in [6.07, 6.45) is 1.13. The fourth-order valence-corrected chi connectivity index (χ4v) is 4.52. The van der Waals surface area contributed by atoms with Crippen LogP contribution in [0.25, 0.3) is 10.2 Å². The Morgan fingerprint density at radius 2 is 1.84 bits per heavy atom. The van der Waals surface area contributed by atoms with Gasteiger partial charge in [-0.15, -0.1) is 0 Å². The van der Waals surface area contributed by atoms with Gasteiger partial charge in [0.1, 0.15) is 5.69 Å². The van der Waals surface area contributed by atoms with Crippen LogP contribution < -0.4 is 10.9 Å². The molecule has 158 valence electrons. The monoisotopic (exact) mass is 454 g/mol. The highest BCUT2D eigenvalue weighted by atomic mass is 32.2. The molecular formula is C21H18N4O4S2. The molecule has 0 aliphatic rings. The number of nitrogens with zero attached hydrogens (tertiary/aromatic N) is 3. The third kappa shape index (κ3) is 4.70. The van der Waals surface area contributed by atoms with E-state index in [0.717, 1.165) is 28.7 Å². The van der Waals surface area contributed by atoms with Gasteiger partial charge in [0.25, 0.3) is 11.5 Å². The Bertz CT molecular complexity index is 1460. The van der Waals surface area contributed by atoms with Crippen LogP contribution in [0.15, 0.2) is 64.3 Å². The van der Waals surface area contributed by atoms with Crippen LogP contribution in [-0.2, 0) is 16.4 Å². The quantitative estimate of drug-likeness (QED) is 0.496. The Hall–Kier alpha value is -3.37. The maximum atomic E-state index is 12.7. The third-order valence-electron chi connectivity index (χ3n) is 4.56. The fraction of sp³-hybridized carbons (Fsp3) is 0.143. The number of carbonyl (C=O) groups is 1. The van der Waals surface area contributed by atoms with Crippen molar-refractivity contribution in [3.05, 3.63) is 81.8 Å². The van der Waals surface area contributed by atoms with Crippen LogP contribution in [0, 0.1) is 6.92 Å². The SMILES string of the molecule is Cc1ccc(Cn2nc(C(=O)Nc3nc4ccc(S(C)(=O)=O)cc4s3)ccc2=O)cc1. The van der Waals surface area contributed by atoms with E-state index in [1.807, 2.05) is 31.2 Å². The van der Waals surface area contributed by atoms with Crippen LogP contribution in [-0.4, -0.2) is 35.3 Å². The Labute approximate surface area is 182 Å². The molecule has 31 heavy (non-hydrogen) atoms. The molecule has 2 heterocycles. The van der Waals surface area contributed by atoms with E-state index in [9.17, 15) is 18.0 Å². The van der Waals surface area contributed by atoms with Crippen molar-refractivity contribution < 1.29 is 13.2 Å². The number of amides is 1. The number of hydrogen-bond donors (Lipinski definition) is 1. The Morgan fingerprint density at radius 3 is 2.55 bits per heavy atom. The van der Waals surface area contributed by atoms with Crippen LogP contribution in [0.3, 0.4) is 0 Å². The van der Waals surface area contributed by atoms with Crippen LogP contribution in [0.4, 0.5) is 5.13 Å². The molecule has 1 N–H and O–H groups in total. The first-order valence-corrected chi connectivity index (χ1v) is 12.0.